The summed E-state index contributed by atoms with van der Waals surface area (Å²) >= 11 is 6.15. The molecule has 1 saturated heterocycles. The molecular weight excluding hydrogens is 280 g/mol. The Hall–Kier alpha value is 0.290. The summed E-state index contributed by atoms with van der Waals surface area (Å²) in [7, 11) is 0. The van der Waals surface area contributed by atoms with Crippen LogP contribution in [0.15, 0.2) is 5.38 Å². The first-order valence-electron chi connectivity index (χ1n) is 6.70. The molecule has 1 aliphatic carbocycles. The maximum absolute atomic E-state index is 4.53. The second-order valence-corrected chi connectivity index (χ2v) is 8.69. The Balaban J connectivity index is 1.46. The lowest BCUT2D eigenvalue weighted by atomic mass is 10.2. The molecule has 1 aromatic rings. The van der Waals surface area contributed by atoms with E-state index in [2.05, 4.69) is 46.1 Å². The Morgan fingerprint density at radius 1 is 1.33 bits per heavy atom. The quantitative estimate of drug-likeness (QED) is 0.924. The first kappa shape index (κ1) is 13.3. The van der Waals surface area contributed by atoms with E-state index in [0.717, 1.165) is 29.5 Å². The van der Waals surface area contributed by atoms with Crippen LogP contribution in [0.2, 0.25) is 0 Å². The van der Waals surface area contributed by atoms with Gasteiger partial charge >= 0.3 is 0 Å². The van der Waals surface area contributed by atoms with Crippen molar-refractivity contribution in [2.24, 2.45) is 0 Å². The first-order chi connectivity index (χ1) is 8.83. The van der Waals surface area contributed by atoms with Crippen molar-refractivity contribution < 1.29 is 0 Å². The molecule has 0 amide bonds. The van der Waals surface area contributed by atoms with Gasteiger partial charge in [-0.3, -0.25) is 0 Å². The second kappa shape index (κ2) is 6.16. The number of fused-ring (bicyclic) bond motifs is 1. The first-order valence-corrected chi connectivity index (χ1v) is 9.68. The number of aryl methyl sites for hydroxylation is 1. The summed E-state index contributed by atoms with van der Waals surface area (Å²) in [6, 6.07) is 0.743. The third-order valence-electron chi connectivity index (χ3n) is 3.70. The van der Waals surface area contributed by atoms with Crippen molar-refractivity contribution in [3.8, 4) is 0 Å². The third-order valence-corrected chi connectivity index (χ3v) is 7.84. The fraction of sp³-hybridized carbons (Fsp3) is 0.769. The van der Waals surface area contributed by atoms with E-state index in [1.165, 1.54) is 35.0 Å². The van der Waals surface area contributed by atoms with Crippen LogP contribution in [0.3, 0.4) is 0 Å². The lowest BCUT2D eigenvalue weighted by molar-refractivity contribution is 0.534. The SMILES string of the molecule is Cc1nc(CCN[C@@H]2CC[C@@H]3SCCS[C@@H]32)cs1. The highest BCUT2D eigenvalue weighted by Gasteiger charge is 2.38. The Kier molecular flexibility index (Phi) is 4.55. The number of aromatic nitrogens is 1. The summed E-state index contributed by atoms with van der Waals surface area (Å²) in [5.41, 5.74) is 1.25. The molecule has 2 aliphatic rings. The maximum atomic E-state index is 4.53. The lowest BCUT2D eigenvalue weighted by Crippen LogP contribution is -2.39. The monoisotopic (exact) mass is 300 g/mol. The van der Waals surface area contributed by atoms with E-state index in [-0.39, 0.29) is 0 Å². The highest BCUT2D eigenvalue weighted by Crippen LogP contribution is 2.41. The molecular formula is C13H20N2S3. The number of hydrogen-bond donors (Lipinski definition) is 1. The molecule has 2 fully saturated rings. The molecule has 1 N–H and O–H groups in total. The average Bonchev–Trinajstić information content (AvgIpc) is 2.97. The van der Waals surface area contributed by atoms with Gasteiger partial charge in [-0.05, 0) is 19.8 Å². The van der Waals surface area contributed by atoms with Gasteiger partial charge < -0.3 is 5.32 Å². The molecule has 0 spiro atoms. The van der Waals surface area contributed by atoms with E-state index < -0.39 is 0 Å². The van der Waals surface area contributed by atoms with Gasteiger partial charge in [0.25, 0.3) is 0 Å². The van der Waals surface area contributed by atoms with Crippen molar-refractivity contribution in [3.05, 3.63) is 16.1 Å². The highest BCUT2D eigenvalue weighted by atomic mass is 32.2. The van der Waals surface area contributed by atoms with Crippen LogP contribution in [0, 0.1) is 6.92 Å². The second-order valence-electron chi connectivity index (χ2n) is 4.99. The fourth-order valence-corrected chi connectivity index (χ4v) is 6.80. The number of hydrogen-bond acceptors (Lipinski definition) is 5. The molecule has 1 aromatic heterocycles. The Bertz CT molecular complexity index is 393. The molecule has 1 aliphatic heterocycles. The molecule has 18 heavy (non-hydrogen) atoms. The Labute approximate surface area is 122 Å². The van der Waals surface area contributed by atoms with Crippen molar-refractivity contribution in [3.63, 3.8) is 0 Å². The van der Waals surface area contributed by atoms with E-state index in [0.29, 0.717) is 0 Å². The number of thiazole rings is 1. The van der Waals surface area contributed by atoms with E-state index in [1.807, 2.05) is 0 Å². The van der Waals surface area contributed by atoms with Gasteiger partial charge in [0.05, 0.1) is 10.7 Å². The van der Waals surface area contributed by atoms with Crippen LogP contribution in [0.1, 0.15) is 23.5 Å². The van der Waals surface area contributed by atoms with Gasteiger partial charge in [-0.2, -0.15) is 23.5 Å². The van der Waals surface area contributed by atoms with Gasteiger partial charge in [0, 0.05) is 46.4 Å². The molecule has 0 radical (unpaired) electrons. The number of nitrogens with one attached hydrogen (secondary N) is 1. The fourth-order valence-electron chi connectivity index (χ4n) is 2.84. The van der Waals surface area contributed by atoms with Gasteiger partial charge in [0.1, 0.15) is 0 Å². The van der Waals surface area contributed by atoms with E-state index in [1.54, 1.807) is 11.3 Å². The molecule has 3 rings (SSSR count). The molecule has 0 unspecified atom stereocenters. The van der Waals surface area contributed by atoms with Crippen molar-refractivity contribution in [2.75, 3.05) is 18.1 Å². The van der Waals surface area contributed by atoms with Crippen LogP contribution in [-0.4, -0.2) is 39.6 Å². The van der Waals surface area contributed by atoms with Crippen LogP contribution in [0.4, 0.5) is 0 Å². The van der Waals surface area contributed by atoms with Gasteiger partial charge in [0.2, 0.25) is 0 Å². The van der Waals surface area contributed by atoms with Crippen LogP contribution in [0.5, 0.6) is 0 Å². The Morgan fingerprint density at radius 3 is 3.06 bits per heavy atom. The Morgan fingerprint density at radius 2 is 2.22 bits per heavy atom. The normalized spacial score (nSPS) is 31.5. The predicted molar refractivity (Wildman–Crippen MR) is 84.1 cm³/mol. The summed E-state index contributed by atoms with van der Waals surface area (Å²) in [5.74, 6) is 2.70. The molecule has 2 nitrogen and oxygen atoms in total. The van der Waals surface area contributed by atoms with Crippen LogP contribution in [-0.2, 0) is 6.42 Å². The minimum absolute atomic E-state index is 0.743. The van der Waals surface area contributed by atoms with Crippen LogP contribution in [0.25, 0.3) is 0 Å². The molecule has 5 heteroatoms. The van der Waals surface area contributed by atoms with Crippen molar-refractivity contribution >= 4 is 34.9 Å². The zero-order chi connectivity index (χ0) is 12.4. The zero-order valence-electron chi connectivity index (χ0n) is 10.7. The number of rotatable bonds is 4. The number of nitrogens with zero attached hydrogens (tertiary/aromatic N) is 1. The van der Waals surface area contributed by atoms with E-state index in [4.69, 9.17) is 0 Å². The maximum Gasteiger partial charge on any atom is 0.0897 e. The smallest absolute Gasteiger partial charge is 0.0897 e. The van der Waals surface area contributed by atoms with E-state index in [9.17, 15) is 0 Å². The number of thioether (sulfide) groups is 2. The summed E-state index contributed by atoms with van der Waals surface area (Å²) in [5, 5.41) is 8.93. The van der Waals surface area contributed by atoms with Gasteiger partial charge in [-0.1, -0.05) is 0 Å². The molecule has 1 saturated carbocycles. The van der Waals surface area contributed by atoms with Crippen LogP contribution >= 0.6 is 34.9 Å². The highest BCUT2D eigenvalue weighted by molar-refractivity contribution is 8.07. The molecule has 3 atom stereocenters. The van der Waals surface area contributed by atoms with Crippen LogP contribution < -0.4 is 5.32 Å². The third kappa shape index (κ3) is 3.06. The summed E-state index contributed by atoms with van der Waals surface area (Å²) in [6.45, 7) is 3.17. The minimum Gasteiger partial charge on any atom is -0.312 e. The average molecular weight is 301 g/mol. The lowest BCUT2D eigenvalue weighted by Gasteiger charge is -2.28. The zero-order valence-corrected chi connectivity index (χ0v) is 13.2. The largest absolute Gasteiger partial charge is 0.312 e. The standard InChI is InChI=1S/C13H20N2S3/c1-9-15-10(8-18-9)4-5-14-11-2-3-12-13(11)17-7-6-16-12/h8,11-14H,2-7H2,1H3/t11-,12+,13-/m1/s1. The molecule has 0 aromatic carbocycles. The summed E-state index contributed by atoms with van der Waals surface area (Å²) < 4.78 is 0. The van der Waals surface area contributed by atoms with Crippen molar-refractivity contribution in [1.29, 1.82) is 0 Å². The summed E-state index contributed by atoms with van der Waals surface area (Å²) in [6.07, 6.45) is 3.86. The van der Waals surface area contributed by atoms with Crippen molar-refractivity contribution in [2.45, 2.75) is 42.7 Å². The predicted octanol–water partition coefficient (Wildman–Crippen LogP) is 2.96. The van der Waals surface area contributed by atoms with E-state index >= 15 is 0 Å². The van der Waals surface area contributed by atoms with Gasteiger partial charge in [-0.25, -0.2) is 4.98 Å². The van der Waals surface area contributed by atoms with Gasteiger partial charge in [-0.15, -0.1) is 11.3 Å². The minimum atomic E-state index is 0.743. The molecule has 2 heterocycles. The van der Waals surface area contributed by atoms with Crippen molar-refractivity contribution in [1.82, 2.24) is 10.3 Å². The van der Waals surface area contributed by atoms with Gasteiger partial charge in [0.15, 0.2) is 0 Å². The topological polar surface area (TPSA) is 24.9 Å². The molecule has 0 bridgehead atoms. The summed E-state index contributed by atoms with van der Waals surface area (Å²) in [4.78, 5) is 4.53. The molecule has 100 valence electrons.